The van der Waals surface area contributed by atoms with Crippen LogP contribution in [0.2, 0.25) is 0 Å². The second-order valence-corrected chi connectivity index (χ2v) is 7.95. The predicted octanol–water partition coefficient (Wildman–Crippen LogP) is 2.42. The van der Waals surface area contributed by atoms with E-state index < -0.39 is 0 Å². The summed E-state index contributed by atoms with van der Waals surface area (Å²) >= 11 is 0. The van der Waals surface area contributed by atoms with Crippen LogP contribution in [0.3, 0.4) is 0 Å². The molecule has 7 heteroatoms. The first-order valence-electron chi connectivity index (χ1n) is 8.91. The van der Waals surface area contributed by atoms with Crippen LogP contribution >= 0.6 is 0 Å². The van der Waals surface area contributed by atoms with E-state index >= 15 is 0 Å². The molecule has 0 aliphatic carbocycles. The van der Waals surface area contributed by atoms with Crippen LogP contribution in [0.1, 0.15) is 37.6 Å². The Morgan fingerprint density at radius 3 is 2.52 bits per heavy atom. The van der Waals surface area contributed by atoms with E-state index in [2.05, 4.69) is 15.5 Å². The van der Waals surface area contributed by atoms with Crippen LogP contribution in [-0.4, -0.2) is 31.0 Å². The number of hydrogen-bond acceptors (Lipinski definition) is 4. The van der Waals surface area contributed by atoms with E-state index in [-0.39, 0.29) is 23.6 Å². The minimum atomic E-state index is -0.374. The van der Waals surface area contributed by atoms with Crippen molar-refractivity contribution in [3.63, 3.8) is 0 Å². The summed E-state index contributed by atoms with van der Waals surface area (Å²) in [6.07, 6.45) is 1.65. The van der Waals surface area contributed by atoms with Crippen molar-refractivity contribution >= 4 is 16.8 Å². The normalized spacial score (nSPS) is 11.8. The summed E-state index contributed by atoms with van der Waals surface area (Å²) in [7, 11) is 0. The summed E-state index contributed by atoms with van der Waals surface area (Å²) in [4.78, 5) is 25.4. The third-order valence-electron chi connectivity index (χ3n) is 4.26. The predicted molar refractivity (Wildman–Crippen MR) is 105 cm³/mol. The van der Waals surface area contributed by atoms with Crippen molar-refractivity contribution in [1.82, 2.24) is 24.9 Å². The minimum absolute atomic E-state index is 0.134. The molecule has 0 fully saturated rings. The summed E-state index contributed by atoms with van der Waals surface area (Å²) in [5, 5.41) is 12.3. The molecule has 2 heterocycles. The molecular formula is C20H25N5O2. The van der Waals surface area contributed by atoms with Gasteiger partial charge in [-0.15, -0.1) is 0 Å². The van der Waals surface area contributed by atoms with Gasteiger partial charge in [0.25, 0.3) is 5.56 Å². The van der Waals surface area contributed by atoms with E-state index in [1.165, 1.54) is 4.68 Å². The van der Waals surface area contributed by atoms with Gasteiger partial charge >= 0.3 is 0 Å². The van der Waals surface area contributed by atoms with Gasteiger partial charge in [0.05, 0.1) is 17.6 Å². The van der Waals surface area contributed by atoms with Gasteiger partial charge in [-0.25, -0.2) is 9.36 Å². The highest BCUT2D eigenvalue weighted by Crippen LogP contribution is 2.20. The summed E-state index contributed by atoms with van der Waals surface area (Å²) in [6.45, 7) is 11.4. The average Bonchev–Trinajstić information content (AvgIpc) is 2.96. The van der Waals surface area contributed by atoms with Crippen LogP contribution in [0.5, 0.6) is 0 Å². The van der Waals surface area contributed by atoms with Crippen molar-refractivity contribution in [2.75, 3.05) is 0 Å². The molecule has 0 atom stereocenters. The molecule has 3 rings (SSSR count). The molecule has 1 amide bonds. The van der Waals surface area contributed by atoms with E-state index in [0.717, 1.165) is 16.8 Å². The van der Waals surface area contributed by atoms with Crippen molar-refractivity contribution < 1.29 is 4.79 Å². The first-order valence-corrected chi connectivity index (χ1v) is 8.91. The maximum Gasteiger partial charge on any atom is 0.293 e. The summed E-state index contributed by atoms with van der Waals surface area (Å²) in [5.41, 5.74) is 3.37. The Hall–Kier alpha value is -2.96. The zero-order valence-corrected chi connectivity index (χ0v) is 16.6. The number of nitrogens with one attached hydrogen (secondary N) is 1. The van der Waals surface area contributed by atoms with Gasteiger partial charge in [0, 0.05) is 10.9 Å². The fourth-order valence-corrected chi connectivity index (χ4v) is 3.15. The topological polar surface area (TPSA) is 81.8 Å². The number of aryl methyl sites for hydroxylation is 3. The molecule has 2 aromatic heterocycles. The Kier molecular flexibility index (Phi) is 4.63. The zero-order valence-electron chi connectivity index (χ0n) is 16.6. The van der Waals surface area contributed by atoms with Crippen molar-refractivity contribution in [3.8, 4) is 5.69 Å². The van der Waals surface area contributed by atoms with Crippen molar-refractivity contribution in [2.45, 2.75) is 53.6 Å². The molecule has 142 valence electrons. The molecule has 0 bridgehead atoms. The number of nitrogens with zero attached hydrogens (tertiary/aromatic N) is 4. The average molecular weight is 367 g/mol. The number of carbonyl (C=O) groups excluding carboxylic acids is 1. The van der Waals surface area contributed by atoms with Gasteiger partial charge in [-0.3, -0.25) is 9.59 Å². The summed E-state index contributed by atoms with van der Waals surface area (Å²) < 4.78 is 2.85. The number of amides is 1. The second-order valence-electron chi connectivity index (χ2n) is 7.95. The van der Waals surface area contributed by atoms with E-state index in [4.69, 9.17) is 0 Å². The molecule has 0 saturated heterocycles. The Balaban J connectivity index is 2.13. The fourth-order valence-electron chi connectivity index (χ4n) is 3.15. The third-order valence-corrected chi connectivity index (χ3v) is 4.26. The van der Waals surface area contributed by atoms with E-state index in [1.807, 2.05) is 59.7 Å². The lowest BCUT2D eigenvalue weighted by Gasteiger charge is -2.20. The van der Waals surface area contributed by atoms with Crippen LogP contribution in [0.4, 0.5) is 0 Å². The smallest absolute Gasteiger partial charge is 0.293 e. The minimum Gasteiger partial charge on any atom is -0.350 e. The highest BCUT2D eigenvalue weighted by Gasteiger charge is 2.19. The van der Waals surface area contributed by atoms with Crippen LogP contribution in [-0.2, 0) is 11.3 Å². The van der Waals surface area contributed by atoms with E-state index in [1.54, 1.807) is 10.9 Å². The molecule has 0 saturated carbocycles. The Morgan fingerprint density at radius 2 is 1.89 bits per heavy atom. The van der Waals surface area contributed by atoms with Gasteiger partial charge in [-0.2, -0.15) is 10.2 Å². The number of carbonyl (C=O) groups is 1. The highest BCUT2D eigenvalue weighted by atomic mass is 16.2. The molecule has 1 aromatic carbocycles. The first-order chi connectivity index (χ1) is 12.6. The van der Waals surface area contributed by atoms with Gasteiger partial charge in [0.2, 0.25) is 5.91 Å². The van der Waals surface area contributed by atoms with Crippen LogP contribution in [0.15, 0.2) is 29.2 Å². The molecule has 3 aromatic rings. The number of hydrogen-bond donors (Lipinski definition) is 1. The number of fused-ring (bicyclic) bond motifs is 1. The molecule has 27 heavy (non-hydrogen) atoms. The fraction of sp³-hybridized carbons (Fsp3) is 0.400. The third kappa shape index (κ3) is 3.77. The Labute approximate surface area is 158 Å². The maximum absolute atomic E-state index is 13.1. The molecule has 1 N–H and O–H groups in total. The maximum atomic E-state index is 13.1. The Bertz CT molecular complexity index is 1090. The number of benzene rings is 1. The van der Waals surface area contributed by atoms with Gasteiger partial charge in [-0.05, 0) is 53.2 Å². The van der Waals surface area contributed by atoms with Crippen LogP contribution in [0.25, 0.3) is 16.6 Å². The van der Waals surface area contributed by atoms with Gasteiger partial charge in [0.1, 0.15) is 12.1 Å². The molecule has 0 aliphatic heterocycles. The molecule has 7 nitrogen and oxygen atoms in total. The quantitative estimate of drug-likeness (QED) is 0.771. The zero-order chi connectivity index (χ0) is 19.9. The highest BCUT2D eigenvalue weighted by molar-refractivity contribution is 5.82. The summed E-state index contributed by atoms with van der Waals surface area (Å²) in [6, 6.07) is 5.98. The van der Waals surface area contributed by atoms with Gasteiger partial charge in [0.15, 0.2) is 0 Å². The van der Waals surface area contributed by atoms with Crippen molar-refractivity contribution in [1.29, 1.82) is 0 Å². The van der Waals surface area contributed by atoms with Gasteiger partial charge < -0.3 is 5.32 Å². The van der Waals surface area contributed by atoms with Crippen molar-refractivity contribution in [3.05, 3.63) is 51.6 Å². The molecule has 0 aliphatic rings. The monoisotopic (exact) mass is 367 g/mol. The SMILES string of the molecule is Cc1ccc(-n2ncc3c(C)nn(CC(=O)NC(C)(C)C)c(=O)c32)c(C)c1. The van der Waals surface area contributed by atoms with E-state index in [0.29, 0.717) is 16.6 Å². The lowest BCUT2D eigenvalue weighted by molar-refractivity contribution is -0.123. The van der Waals surface area contributed by atoms with Gasteiger partial charge in [-0.1, -0.05) is 17.7 Å². The first kappa shape index (κ1) is 18.8. The molecular weight excluding hydrogens is 342 g/mol. The van der Waals surface area contributed by atoms with Crippen molar-refractivity contribution in [2.24, 2.45) is 0 Å². The lowest BCUT2D eigenvalue weighted by Crippen LogP contribution is -2.44. The van der Waals surface area contributed by atoms with Crippen LogP contribution < -0.4 is 10.9 Å². The standard InChI is InChI=1S/C20H25N5O2/c1-12-7-8-16(13(2)9-12)25-18-15(10-21-25)14(3)23-24(19(18)27)11-17(26)22-20(4,5)6/h7-10H,11H2,1-6H3,(H,22,26). The van der Waals surface area contributed by atoms with E-state index in [9.17, 15) is 9.59 Å². The number of rotatable bonds is 3. The summed E-state index contributed by atoms with van der Waals surface area (Å²) in [5.74, 6) is -0.256. The largest absolute Gasteiger partial charge is 0.350 e. The Morgan fingerprint density at radius 1 is 1.19 bits per heavy atom. The molecule has 0 spiro atoms. The molecule has 0 radical (unpaired) electrons. The molecule has 0 unspecified atom stereocenters. The van der Waals surface area contributed by atoms with Crippen LogP contribution in [0, 0.1) is 20.8 Å². The number of aromatic nitrogens is 4. The lowest BCUT2D eigenvalue weighted by atomic mass is 10.1. The second kappa shape index (κ2) is 6.64.